The Morgan fingerprint density at radius 3 is 2.40 bits per heavy atom. The van der Waals surface area contributed by atoms with Crippen LogP contribution in [0.1, 0.15) is 68.4 Å². The van der Waals surface area contributed by atoms with E-state index >= 15 is 0 Å². The first kappa shape index (κ1) is 44.5. The highest BCUT2D eigenvalue weighted by molar-refractivity contribution is 6.05. The van der Waals surface area contributed by atoms with Crippen LogP contribution in [0, 0.1) is 11.8 Å². The van der Waals surface area contributed by atoms with Crippen LogP contribution >= 0.6 is 0 Å². The van der Waals surface area contributed by atoms with Gasteiger partial charge in [0.2, 0.25) is 5.91 Å². The van der Waals surface area contributed by atoms with Crippen molar-refractivity contribution < 1.29 is 47.3 Å². The van der Waals surface area contributed by atoms with Crippen LogP contribution in [0.4, 0.5) is 18.4 Å². The summed E-state index contributed by atoms with van der Waals surface area (Å²) < 4.78 is 43.5. The van der Waals surface area contributed by atoms with Gasteiger partial charge in [-0.15, -0.1) is 0 Å². The summed E-state index contributed by atoms with van der Waals surface area (Å²) in [7, 11) is 2.86. The zero-order chi connectivity index (χ0) is 45.9. The molecular weight excluding hydrogens is 843 g/mol. The number of benzene rings is 4. The van der Waals surface area contributed by atoms with Gasteiger partial charge in [-0.1, -0.05) is 68.4 Å². The third kappa shape index (κ3) is 9.29. The molecule has 340 valence electrons. The number of halogens is 2. The van der Waals surface area contributed by atoms with Gasteiger partial charge in [0.05, 0.1) is 48.7 Å². The second kappa shape index (κ2) is 18.9. The Balaban J connectivity index is 1.07. The molecule has 6 aromatic rings. The normalized spacial score (nSPS) is 18.4. The molecule has 16 nitrogen and oxygen atoms in total. The number of hydrogen-bond acceptors (Lipinski definition) is 9. The Hall–Kier alpha value is -7.08. The highest BCUT2D eigenvalue weighted by Crippen LogP contribution is 2.41. The van der Waals surface area contributed by atoms with Gasteiger partial charge >= 0.3 is 18.8 Å². The number of H-pyrrole nitrogens is 2. The first-order valence-corrected chi connectivity index (χ1v) is 21.4. The topological polar surface area (TPSA) is 204 Å². The van der Waals surface area contributed by atoms with Gasteiger partial charge in [-0.2, -0.15) is 8.78 Å². The summed E-state index contributed by atoms with van der Waals surface area (Å²) >= 11 is 0. The summed E-state index contributed by atoms with van der Waals surface area (Å²) in [6, 6.07) is 20.5. The highest BCUT2D eigenvalue weighted by atomic mass is 19.3. The summed E-state index contributed by atoms with van der Waals surface area (Å²) in [5.74, 6) is 0.0852. The zero-order valence-electron chi connectivity index (χ0n) is 36.2. The van der Waals surface area contributed by atoms with Crippen LogP contribution in [0.3, 0.4) is 0 Å². The number of methoxy groups -OCH3 is 2. The number of hydrogen-bond donors (Lipinski definition) is 5. The first-order valence-electron chi connectivity index (χ1n) is 21.4. The molecule has 2 aliphatic rings. The molecule has 0 saturated carbocycles. The van der Waals surface area contributed by atoms with E-state index in [-0.39, 0.29) is 29.4 Å². The Kier molecular flexibility index (Phi) is 13.0. The lowest BCUT2D eigenvalue weighted by molar-refractivity contribution is -0.136. The monoisotopic (exact) mass is 892 g/mol. The molecular formula is C47H50F2N8O8. The Labute approximate surface area is 372 Å². The largest absolute Gasteiger partial charge is 0.465 e. The lowest BCUT2D eigenvalue weighted by Crippen LogP contribution is -2.50. The second-order valence-corrected chi connectivity index (χ2v) is 16.7. The fraction of sp³-hybridized carbons (Fsp3) is 0.362. The first-order chi connectivity index (χ1) is 31.3. The molecule has 65 heavy (non-hydrogen) atoms. The molecule has 5 atom stereocenters. The van der Waals surface area contributed by atoms with Crippen molar-refractivity contribution in [2.75, 3.05) is 33.9 Å². The molecule has 2 saturated heterocycles. The minimum atomic E-state index is -3.11. The van der Waals surface area contributed by atoms with Gasteiger partial charge in [0, 0.05) is 42.6 Å². The number of imidazole rings is 2. The maximum atomic E-state index is 14.4. The lowest BCUT2D eigenvalue weighted by atomic mass is 9.98. The molecule has 18 heteroatoms. The number of aromatic nitrogens is 4. The van der Waals surface area contributed by atoms with Crippen LogP contribution in [0.25, 0.3) is 44.2 Å². The third-order valence-corrected chi connectivity index (χ3v) is 12.2. The zero-order valence-corrected chi connectivity index (χ0v) is 36.2. The van der Waals surface area contributed by atoms with Crippen LogP contribution in [-0.4, -0.2) is 105 Å². The number of amides is 4. The van der Waals surface area contributed by atoms with E-state index in [1.54, 1.807) is 73.4 Å². The number of likely N-dealkylation sites (tertiary alicyclic amines) is 2. The quantitative estimate of drug-likeness (QED) is 0.0714. The number of nitrogens with zero attached hydrogens (tertiary/aromatic N) is 4. The maximum absolute atomic E-state index is 14.4. The van der Waals surface area contributed by atoms with E-state index in [1.165, 1.54) is 13.2 Å². The summed E-state index contributed by atoms with van der Waals surface area (Å²) in [6.07, 6.45) is 1.43. The van der Waals surface area contributed by atoms with Crippen molar-refractivity contribution in [2.24, 2.45) is 11.8 Å². The summed E-state index contributed by atoms with van der Waals surface area (Å²) in [5.41, 5.74) is 4.10. The van der Waals surface area contributed by atoms with Crippen LogP contribution in [-0.2, 0) is 19.1 Å². The van der Waals surface area contributed by atoms with Crippen molar-refractivity contribution in [3.63, 3.8) is 0 Å². The van der Waals surface area contributed by atoms with Gasteiger partial charge in [0.25, 0.3) is 5.91 Å². The number of alkyl halides is 2. The Bertz CT molecular complexity index is 2710. The average molecular weight is 893 g/mol. The molecule has 0 spiro atoms. The van der Waals surface area contributed by atoms with Crippen LogP contribution in [0.2, 0.25) is 0 Å². The fourth-order valence-corrected chi connectivity index (χ4v) is 9.12. The van der Waals surface area contributed by atoms with Crippen LogP contribution in [0.5, 0.6) is 5.75 Å². The number of alkyl carbamates (subject to hydrolysis) is 1. The molecule has 0 radical (unpaired) electrons. The number of fused-ring (bicyclic) bond motifs is 3. The summed E-state index contributed by atoms with van der Waals surface area (Å²) in [5, 5.41) is 16.0. The molecule has 5 N–H and O–H groups in total. The predicted octanol–water partition coefficient (Wildman–Crippen LogP) is 7.96. The molecule has 4 heterocycles. The number of aromatic amines is 2. The van der Waals surface area contributed by atoms with Crippen molar-refractivity contribution in [3.8, 4) is 28.1 Å². The van der Waals surface area contributed by atoms with E-state index in [0.29, 0.717) is 84.1 Å². The third-order valence-electron chi connectivity index (χ3n) is 12.2. The smallest absolute Gasteiger partial charge is 0.407 e. The molecule has 2 aliphatic heterocycles. The van der Waals surface area contributed by atoms with E-state index in [1.807, 2.05) is 36.4 Å². The number of carboxylic acid groups (broad SMARTS) is 1. The molecule has 2 aromatic heterocycles. The molecule has 8 rings (SSSR count). The highest BCUT2D eigenvalue weighted by Gasteiger charge is 2.42. The number of nitrogens with one attached hydrogen (secondary N) is 4. The SMILES string of the molecule is COC[C@H]1C[C@@H](c2nc3c(ccc4cc(-c5ccc(-c6cnc([C@@H]7CCCN7C(=O)[C@H](NC(=O)O)C(C)C)[nH]6)cc5OC(F)F)ccc43)[nH]2)N(C(=O)[C@H](NC(=O)OC)c2ccccc2)C1. The lowest BCUT2D eigenvalue weighted by Gasteiger charge is -2.29. The van der Waals surface area contributed by atoms with Crippen molar-refractivity contribution in [3.05, 3.63) is 102 Å². The summed E-state index contributed by atoms with van der Waals surface area (Å²) in [6.45, 7) is 1.67. The van der Waals surface area contributed by atoms with E-state index in [0.717, 1.165) is 16.3 Å². The molecule has 0 unspecified atom stereocenters. The van der Waals surface area contributed by atoms with E-state index in [4.69, 9.17) is 19.2 Å². The Morgan fingerprint density at radius 2 is 1.68 bits per heavy atom. The van der Waals surface area contributed by atoms with Crippen molar-refractivity contribution in [2.45, 2.75) is 63.9 Å². The average Bonchev–Trinajstić information content (AvgIpc) is 4.13. The minimum Gasteiger partial charge on any atom is -0.465 e. The molecule has 0 aliphatic carbocycles. The predicted molar refractivity (Wildman–Crippen MR) is 236 cm³/mol. The standard InChI is InChI=1S/C47H50F2N8O8/c1-25(2)38(54-46(60)61)43(58)56-18-8-11-35(56)41-50-22-34(52-41)30-13-15-31(37(21-30)65-45(48)49)28-12-16-32-29(20-28)14-17-33-40(32)53-42(51-33)36-19-26(24-63-3)23-57(36)44(59)39(55-47(62)64-4)27-9-6-5-7-10-27/h5-7,9-10,12-17,20-22,25-26,35-36,38-39,45,54H,8,11,18-19,23-24H2,1-4H3,(H,50,52)(H,51,53)(H,55,62)(H,60,61)/t26-,35-,36-,38+,39+/m0/s1. The maximum Gasteiger partial charge on any atom is 0.407 e. The van der Waals surface area contributed by atoms with Crippen LogP contribution in [0.15, 0.2) is 85.1 Å². The second-order valence-electron chi connectivity index (χ2n) is 16.7. The number of carbonyl (C=O) groups excluding carboxylic acids is 3. The van der Waals surface area contributed by atoms with Gasteiger partial charge in [-0.3, -0.25) is 9.59 Å². The molecule has 2 fully saturated rings. The minimum absolute atomic E-state index is 0.00279. The molecule has 0 bridgehead atoms. The van der Waals surface area contributed by atoms with Gasteiger partial charge in [-0.05, 0) is 66.0 Å². The van der Waals surface area contributed by atoms with Gasteiger partial charge in [0.15, 0.2) is 0 Å². The number of ether oxygens (including phenoxy) is 3. The Morgan fingerprint density at radius 1 is 0.892 bits per heavy atom. The van der Waals surface area contributed by atoms with Crippen LogP contribution < -0.4 is 15.4 Å². The van der Waals surface area contributed by atoms with Gasteiger partial charge in [0.1, 0.15) is 29.5 Å². The number of carbonyl (C=O) groups is 4. The van der Waals surface area contributed by atoms with Crippen molar-refractivity contribution in [1.29, 1.82) is 0 Å². The van der Waals surface area contributed by atoms with E-state index < -0.39 is 43.0 Å². The number of rotatable bonds is 14. The molecule has 4 aromatic carbocycles. The van der Waals surface area contributed by atoms with Crippen molar-refractivity contribution >= 4 is 45.8 Å². The van der Waals surface area contributed by atoms with E-state index in [9.17, 15) is 33.1 Å². The van der Waals surface area contributed by atoms with Gasteiger partial charge < -0.3 is 49.7 Å². The van der Waals surface area contributed by atoms with E-state index in [2.05, 4.69) is 25.6 Å². The summed E-state index contributed by atoms with van der Waals surface area (Å²) in [4.78, 5) is 71.4. The fourth-order valence-electron chi connectivity index (χ4n) is 9.12. The van der Waals surface area contributed by atoms with Gasteiger partial charge in [-0.25, -0.2) is 19.6 Å². The molecule has 4 amide bonds. The van der Waals surface area contributed by atoms with Crippen molar-refractivity contribution in [1.82, 2.24) is 40.4 Å².